The van der Waals surface area contributed by atoms with Crippen LogP contribution in [-0.4, -0.2) is 22.8 Å². The Labute approximate surface area is 171 Å². The molecule has 4 aromatic rings. The Morgan fingerprint density at radius 2 is 1.90 bits per heavy atom. The number of ether oxygens (including phenoxy) is 2. The average Bonchev–Trinajstić information content (AvgIpc) is 3.21. The summed E-state index contributed by atoms with van der Waals surface area (Å²) in [5.41, 5.74) is 2.39. The van der Waals surface area contributed by atoms with Gasteiger partial charge in [0.15, 0.2) is 17.3 Å². The zero-order valence-electron chi connectivity index (χ0n) is 15.9. The number of aromatic nitrogens is 2. The lowest BCUT2D eigenvalue weighted by Gasteiger charge is -2.14. The molecule has 1 N–H and O–H groups in total. The van der Waals surface area contributed by atoms with Gasteiger partial charge in [0.05, 0.1) is 22.3 Å². The first-order valence-corrected chi connectivity index (χ1v) is 9.75. The van der Waals surface area contributed by atoms with E-state index in [1.54, 1.807) is 6.20 Å². The summed E-state index contributed by atoms with van der Waals surface area (Å²) in [5, 5.41) is 8.20. The second-order valence-corrected chi connectivity index (χ2v) is 7.56. The molecule has 0 saturated heterocycles. The molecule has 1 aliphatic carbocycles. The fourth-order valence-corrected chi connectivity index (χ4v) is 3.87. The van der Waals surface area contributed by atoms with Gasteiger partial charge in [0.25, 0.3) is 0 Å². The van der Waals surface area contributed by atoms with Gasteiger partial charge in [-0.15, -0.1) is 0 Å². The number of carbonyl (C=O) groups is 1. The van der Waals surface area contributed by atoms with Crippen LogP contribution in [0.25, 0.3) is 22.2 Å². The molecule has 0 radical (unpaired) electrons. The Morgan fingerprint density at radius 3 is 2.80 bits per heavy atom. The third-order valence-electron chi connectivity index (χ3n) is 5.74. The monoisotopic (exact) mass is 399 g/mol. The molecule has 2 aliphatic rings. The van der Waals surface area contributed by atoms with Gasteiger partial charge in [-0.3, -0.25) is 9.78 Å². The molecule has 1 fully saturated rings. The minimum atomic E-state index is -0.664. The fourth-order valence-electron chi connectivity index (χ4n) is 3.87. The van der Waals surface area contributed by atoms with E-state index in [2.05, 4.69) is 15.5 Å². The lowest BCUT2D eigenvalue weighted by molar-refractivity contribution is -0.118. The van der Waals surface area contributed by atoms with Crippen molar-refractivity contribution >= 4 is 22.5 Å². The van der Waals surface area contributed by atoms with Crippen LogP contribution in [0.3, 0.4) is 0 Å². The normalized spacial score (nSPS) is 15.9. The van der Waals surface area contributed by atoms with Gasteiger partial charge in [-0.2, -0.15) is 0 Å². The lowest BCUT2D eigenvalue weighted by atomic mass is 9.99. The maximum absolute atomic E-state index is 13.2. The molecule has 2 aromatic heterocycles. The summed E-state index contributed by atoms with van der Waals surface area (Å²) in [4.78, 5) is 17.5. The summed E-state index contributed by atoms with van der Waals surface area (Å²) in [6, 6.07) is 16.9. The predicted molar refractivity (Wildman–Crippen MR) is 109 cm³/mol. The van der Waals surface area contributed by atoms with Crippen LogP contribution >= 0.6 is 0 Å². The molecular weight excluding hydrogens is 382 g/mol. The molecule has 0 bridgehead atoms. The Morgan fingerprint density at radius 1 is 1.00 bits per heavy atom. The van der Waals surface area contributed by atoms with Crippen molar-refractivity contribution in [2.24, 2.45) is 0 Å². The molecule has 30 heavy (non-hydrogen) atoms. The molecule has 2 aromatic carbocycles. The lowest BCUT2D eigenvalue weighted by Crippen LogP contribution is -2.28. The molecule has 7 nitrogen and oxygen atoms in total. The first-order valence-electron chi connectivity index (χ1n) is 9.75. The van der Waals surface area contributed by atoms with Gasteiger partial charge in [-0.25, -0.2) is 0 Å². The van der Waals surface area contributed by atoms with Crippen LogP contribution in [0.4, 0.5) is 5.69 Å². The highest BCUT2D eigenvalue weighted by molar-refractivity contribution is 6.06. The van der Waals surface area contributed by atoms with E-state index < -0.39 is 5.41 Å². The van der Waals surface area contributed by atoms with E-state index in [4.69, 9.17) is 14.0 Å². The highest BCUT2D eigenvalue weighted by Gasteiger charge is 2.54. The summed E-state index contributed by atoms with van der Waals surface area (Å²) in [5.74, 6) is 1.90. The number of amides is 1. The fraction of sp³-hybridized carbons (Fsp3) is 0.174. The number of pyridine rings is 1. The Kier molecular flexibility index (Phi) is 3.59. The highest BCUT2D eigenvalue weighted by atomic mass is 16.7. The first kappa shape index (κ1) is 17.0. The predicted octanol–water partition coefficient (Wildman–Crippen LogP) is 4.29. The number of nitrogens with one attached hydrogen (secondary N) is 1. The van der Waals surface area contributed by atoms with Gasteiger partial charge in [-0.05, 0) is 55.3 Å². The highest BCUT2D eigenvalue weighted by Crippen LogP contribution is 2.49. The van der Waals surface area contributed by atoms with Crippen molar-refractivity contribution in [3.8, 4) is 22.8 Å². The topological polar surface area (TPSA) is 86.5 Å². The minimum Gasteiger partial charge on any atom is -0.454 e. The number of hydrogen-bond donors (Lipinski definition) is 1. The molecule has 1 amide bonds. The summed E-state index contributed by atoms with van der Waals surface area (Å²) in [6.07, 6.45) is 3.20. The molecule has 7 heteroatoms. The van der Waals surface area contributed by atoms with E-state index in [0.29, 0.717) is 23.0 Å². The number of fused-ring (bicyclic) bond motifs is 2. The zero-order valence-corrected chi connectivity index (χ0v) is 15.9. The van der Waals surface area contributed by atoms with Crippen LogP contribution in [0.1, 0.15) is 18.5 Å². The number of carbonyl (C=O) groups excluding carboxylic acids is 1. The Bertz CT molecular complexity index is 1290. The standard InChI is InChI=1S/C23H17N3O4/c27-22(25-17-5-1-4-16-15(17)3-2-10-24-16)23(8-9-23)21-12-19(30-26-21)14-6-7-18-20(11-14)29-13-28-18/h1-7,10-12H,8-9,13H2,(H,25,27). The summed E-state index contributed by atoms with van der Waals surface area (Å²) in [7, 11) is 0. The van der Waals surface area contributed by atoms with Crippen LogP contribution in [0.15, 0.2) is 65.3 Å². The largest absolute Gasteiger partial charge is 0.454 e. The van der Waals surface area contributed by atoms with E-state index in [9.17, 15) is 4.79 Å². The van der Waals surface area contributed by atoms with Crippen LogP contribution in [-0.2, 0) is 10.2 Å². The first-order chi connectivity index (χ1) is 14.7. The van der Waals surface area contributed by atoms with Crippen molar-refractivity contribution in [3.05, 3.63) is 66.5 Å². The van der Waals surface area contributed by atoms with Gasteiger partial charge in [0.2, 0.25) is 12.7 Å². The van der Waals surface area contributed by atoms with Crippen molar-refractivity contribution in [1.29, 1.82) is 0 Å². The van der Waals surface area contributed by atoms with Crippen molar-refractivity contribution in [3.63, 3.8) is 0 Å². The van der Waals surface area contributed by atoms with Gasteiger partial charge in [0, 0.05) is 23.2 Å². The van der Waals surface area contributed by atoms with Gasteiger partial charge >= 0.3 is 0 Å². The molecule has 1 aliphatic heterocycles. The van der Waals surface area contributed by atoms with Crippen molar-refractivity contribution in [1.82, 2.24) is 10.1 Å². The number of nitrogens with zero attached hydrogens (tertiary/aromatic N) is 2. The van der Waals surface area contributed by atoms with E-state index in [1.165, 1.54) is 0 Å². The maximum Gasteiger partial charge on any atom is 0.236 e. The Balaban J connectivity index is 1.29. The van der Waals surface area contributed by atoms with Crippen molar-refractivity contribution in [2.75, 3.05) is 12.1 Å². The number of anilines is 1. The molecule has 0 spiro atoms. The molecule has 6 rings (SSSR count). The number of benzene rings is 2. The van der Waals surface area contributed by atoms with Crippen LogP contribution < -0.4 is 14.8 Å². The maximum atomic E-state index is 13.2. The van der Waals surface area contributed by atoms with Gasteiger partial charge in [-0.1, -0.05) is 11.2 Å². The summed E-state index contributed by atoms with van der Waals surface area (Å²) < 4.78 is 16.4. The van der Waals surface area contributed by atoms with Gasteiger partial charge in [0.1, 0.15) is 0 Å². The second kappa shape index (κ2) is 6.32. The van der Waals surface area contributed by atoms with Crippen molar-refractivity contribution in [2.45, 2.75) is 18.3 Å². The second-order valence-electron chi connectivity index (χ2n) is 7.56. The molecule has 148 valence electrons. The van der Waals surface area contributed by atoms with E-state index in [-0.39, 0.29) is 12.7 Å². The molecule has 0 atom stereocenters. The van der Waals surface area contributed by atoms with Crippen LogP contribution in [0.5, 0.6) is 11.5 Å². The van der Waals surface area contributed by atoms with Crippen LogP contribution in [0, 0.1) is 0 Å². The smallest absolute Gasteiger partial charge is 0.236 e. The molecular formula is C23H17N3O4. The quantitative estimate of drug-likeness (QED) is 0.551. The third-order valence-corrected chi connectivity index (χ3v) is 5.74. The SMILES string of the molecule is O=C(Nc1cccc2ncccc12)C1(c2cc(-c3ccc4c(c3)OCO4)on2)CC1. The minimum absolute atomic E-state index is 0.0793. The number of rotatable bonds is 4. The van der Waals surface area contributed by atoms with E-state index >= 15 is 0 Å². The van der Waals surface area contributed by atoms with E-state index in [0.717, 1.165) is 35.0 Å². The summed E-state index contributed by atoms with van der Waals surface area (Å²) >= 11 is 0. The number of hydrogen-bond acceptors (Lipinski definition) is 6. The van der Waals surface area contributed by atoms with Crippen LogP contribution in [0.2, 0.25) is 0 Å². The molecule has 0 unspecified atom stereocenters. The third kappa shape index (κ3) is 2.62. The van der Waals surface area contributed by atoms with Crippen molar-refractivity contribution < 1.29 is 18.8 Å². The average molecular weight is 399 g/mol. The van der Waals surface area contributed by atoms with Gasteiger partial charge < -0.3 is 19.3 Å². The molecule has 1 saturated carbocycles. The zero-order chi connectivity index (χ0) is 20.1. The Hall–Kier alpha value is -3.87. The molecule has 3 heterocycles. The van der Waals surface area contributed by atoms with E-state index in [1.807, 2.05) is 54.6 Å². The summed E-state index contributed by atoms with van der Waals surface area (Å²) in [6.45, 7) is 0.216.